The second kappa shape index (κ2) is 6.80. The van der Waals surface area contributed by atoms with Crippen molar-refractivity contribution in [2.24, 2.45) is 0 Å². The summed E-state index contributed by atoms with van der Waals surface area (Å²) in [5.74, 6) is -0.219. The van der Waals surface area contributed by atoms with Crippen molar-refractivity contribution in [3.63, 3.8) is 0 Å². The highest BCUT2D eigenvalue weighted by molar-refractivity contribution is 5.82. The molecule has 0 bridgehead atoms. The Morgan fingerprint density at radius 2 is 1.76 bits per heavy atom. The first kappa shape index (κ1) is 17.3. The summed E-state index contributed by atoms with van der Waals surface area (Å²) in [6.45, 7) is 0.326. The molecule has 0 aromatic heterocycles. The van der Waals surface area contributed by atoms with Gasteiger partial charge in [-0.25, -0.2) is 4.79 Å². The van der Waals surface area contributed by atoms with Crippen molar-refractivity contribution in [2.75, 3.05) is 20.8 Å². The van der Waals surface area contributed by atoms with E-state index < -0.39 is 24.2 Å². The number of carbonyl (C=O) groups is 1. The lowest BCUT2D eigenvalue weighted by molar-refractivity contribution is -0.154. The normalized spacial score (nSPS) is 14.4. The molecule has 4 nitrogen and oxygen atoms in total. The zero-order chi connectivity index (χ0) is 16.1. The summed E-state index contributed by atoms with van der Waals surface area (Å²) in [6.07, 6.45) is -4.32. The number of halogens is 3. The highest BCUT2D eigenvalue weighted by Gasteiger charge is 2.42. The maximum atomic E-state index is 12.5. The SMILES string of the molecule is CCC(NCC(F)(F)F)(C(=O)OC)c1ccc(OC)cc1. The second-order valence-corrected chi connectivity index (χ2v) is 4.45. The fourth-order valence-electron chi connectivity index (χ4n) is 2.07. The minimum Gasteiger partial charge on any atom is -0.497 e. The van der Waals surface area contributed by atoms with Gasteiger partial charge in [-0.3, -0.25) is 5.32 Å². The lowest BCUT2D eigenvalue weighted by Gasteiger charge is -2.32. The molecule has 1 rings (SSSR count). The molecule has 21 heavy (non-hydrogen) atoms. The van der Waals surface area contributed by atoms with E-state index in [2.05, 4.69) is 10.1 Å². The first-order valence-corrected chi connectivity index (χ1v) is 6.33. The molecule has 0 aliphatic rings. The van der Waals surface area contributed by atoms with Crippen molar-refractivity contribution < 1.29 is 27.4 Å². The van der Waals surface area contributed by atoms with Gasteiger partial charge in [0.15, 0.2) is 0 Å². The number of benzene rings is 1. The van der Waals surface area contributed by atoms with Gasteiger partial charge >= 0.3 is 12.1 Å². The summed E-state index contributed by atoms with van der Waals surface area (Å²) in [5.41, 5.74) is -1.15. The average Bonchev–Trinajstić information content (AvgIpc) is 2.47. The Bertz CT molecular complexity index is 473. The summed E-state index contributed by atoms with van der Waals surface area (Å²) < 4.78 is 47.2. The van der Waals surface area contributed by atoms with Gasteiger partial charge in [0, 0.05) is 0 Å². The summed E-state index contributed by atoms with van der Waals surface area (Å²) in [5, 5.41) is 2.29. The number of rotatable bonds is 6. The Morgan fingerprint density at radius 1 is 1.19 bits per heavy atom. The monoisotopic (exact) mass is 305 g/mol. The molecule has 0 aliphatic carbocycles. The van der Waals surface area contributed by atoms with Crippen LogP contribution in [0.25, 0.3) is 0 Å². The molecule has 1 aromatic carbocycles. The molecule has 7 heteroatoms. The fraction of sp³-hybridized carbons (Fsp3) is 0.500. The van der Waals surface area contributed by atoms with Gasteiger partial charge in [-0.1, -0.05) is 19.1 Å². The molecule has 0 amide bonds. The van der Waals surface area contributed by atoms with E-state index in [1.54, 1.807) is 31.2 Å². The van der Waals surface area contributed by atoms with Crippen LogP contribution in [0.3, 0.4) is 0 Å². The number of hydrogen-bond acceptors (Lipinski definition) is 4. The van der Waals surface area contributed by atoms with Crippen molar-refractivity contribution in [2.45, 2.75) is 25.1 Å². The molecule has 0 heterocycles. The molecule has 0 radical (unpaired) electrons. The molecule has 1 unspecified atom stereocenters. The van der Waals surface area contributed by atoms with E-state index >= 15 is 0 Å². The van der Waals surface area contributed by atoms with Gasteiger partial charge in [0.05, 0.1) is 20.8 Å². The maximum Gasteiger partial charge on any atom is 0.401 e. The van der Waals surface area contributed by atoms with Crippen molar-refractivity contribution in [1.82, 2.24) is 5.32 Å². The average molecular weight is 305 g/mol. The van der Waals surface area contributed by atoms with E-state index in [9.17, 15) is 18.0 Å². The van der Waals surface area contributed by atoms with Gasteiger partial charge in [-0.05, 0) is 24.1 Å². The van der Waals surface area contributed by atoms with Gasteiger partial charge in [0.1, 0.15) is 11.3 Å². The Labute approximate surface area is 121 Å². The van der Waals surface area contributed by atoms with E-state index in [1.165, 1.54) is 7.11 Å². The second-order valence-electron chi connectivity index (χ2n) is 4.45. The number of esters is 1. The molecule has 0 spiro atoms. The van der Waals surface area contributed by atoms with Gasteiger partial charge in [-0.15, -0.1) is 0 Å². The topological polar surface area (TPSA) is 47.6 Å². The zero-order valence-electron chi connectivity index (χ0n) is 12.1. The predicted octanol–water partition coefficient (Wildman–Crippen LogP) is 2.63. The third-order valence-corrected chi connectivity index (χ3v) is 3.24. The van der Waals surface area contributed by atoms with E-state index in [0.29, 0.717) is 11.3 Å². The lowest BCUT2D eigenvalue weighted by Crippen LogP contribution is -2.52. The Hall–Kier alpha value is -1.76. The molecule has 0 aliphatic heterocycles. The van der Waals surface area contributed by atoms with Crippen LogP contribution in [-0.4, -0.2) is 32.9 Å². The van der Waals surface area contributed by atoms with Crippen molar-refractivity contribution in [3.8, 4) is 5.75 Å². The summed E-state index contributed by atoms with van der Waals surface area (Å²) in [4.78, 5) is 12.1. The van der Waals surface area contributed by atoms with Crippen molar-refractivity contribution in [1.29, 1.82) is 0 Å². The standard InChI is InChI=1S/C14H18F3NO3/c1-4-13(12(19)21-3,18-9-14(15,16)17)10-5-7-11(20-2)8-6-10/h5-8,18H,4,9H2,1-3H3. The van der Waals surface area contributed by atoms with Crippen LogP contribution in [0.15, 0.2) is 24.3 Å². The highest BCUT2D eigenvalue weighted by atomic mass is 19.4. The molecule has 0 saturated carbocycles. The van der Waals surface area contributed by atoms with Gasteiger partial charge in [-0.2, -0.15) is 13.2 Å². The van der Waals surface area contributed by atoms with Crippen LogP contribution in [-0.2, 0) is 15.1 Å². The van der Waals surface area contributed by atoms with Gasteiger partial charge < -0.3 is 9.47 Å². The molecule has 0 saturated heterocycles. The third-order valence-electron chi connectivity index (χ3n) is 3.24. The van der Waals surface area contributed by atoms with E-state index in [0.717, 1.165) is 7.11 Å². The van der Waals surface area contributed by atoms with Gasteiger partial charge in [0.25, 0.3) is 0 Å². The van der Waals surface area contributed by atoms with Crippen molar-refractivity contribution >= 4 is 5.97 Å². The molecule has 1 aromatic rings. The van der Waals surface area contributed by atoms with E-state index in [1.807, 2.05) is 0 Å². The van der Waals surface area contributed by atoms with Crippen LogP contribution in [0.1, 0.15) is 18.9 Å². The summed E-state index contributed by atoms with van der Waals surface area (Å²) in [7, 11) is 2.62. The number of nitrogens with one attached hydrogen (secondary N) is 1. The first-order valence-electron chi connectivity index (χ1n) is 6.33. The fourth-order valence-corrected chi connectivity index (χ4v) is 2.07. The third kappa shape index (κ3) is 4.10. The van der Waals surface area contributed by atoms with Crippen LogP contribution in [0.5, 0.6) is 5.75 Å². The molecule has 118 valence electrons. The smallest absolute Gasteiger partial charge is 0.401 e. The lowest BCUT2D eigenvalue weighted by atomic mass is 9.87. The first-order chi connectivity index (χ1) is 9.79. The molecule has 1 N–H and O–H groups in total. The minimum atomic E-state index is -4.43. The van der Waals surface area contributed by atoms with Crippen LogP contribution >= 0.6 is 0 Å². The number of methoxy groups -OCH3 is 2. The highest BCUT2D eigenvalue weighted by Crippen LogP contribution is 2.29. The number of ether oxygens (including phenoxy) is 2. The number of carbonyl (C=O) groups excluding carboxylic acids is 1. The van der Waals surface area contributed by atoms with Gasteiger partial charge in [0.2, 0.25) is 0 Å². The Kier molecular flexibility index (Phi) is 5.60. The quantitative estimate of drug-likeness (QED) is 0.821. The summed E-state index contributed by atoms with van der Waals surface area (Å²) in [6, 6.07) is 6.25. The number of hydrogen-bond donors (Lipinski definition) is 1. The van der Waals surface area contributed by atoms with E-state index in [4.69, 9.17) is 4.74 Å². The molecule has 1 atom stereocenters. The van der Waals surface area contributed by atoms with Crippen LogP contribution < -0.4 is 10.1 Å². The maximum absolute atomic E-state index is 12.5. The minimum absolute atomic E-state index is 0.113. The van der Waals surface area contributed by atoms with Crippen molar-refractivity contribution in [3.05, 3.63) is 29.8 Å². The Balaban J connectivity index is 3.18. The molecular weight excluding hydrogens is 287 g/mol. The molecular formula is C14H18F3NO3. The predicted molar refractivity (Wildman–Crippen MR) is 71.0 cm³/mol. The largest absolute Gasteiger partial charge is 0.497 e. The summed E-state index contributed by atoms with van der Waals surface area (Å²) >= 11 is 0. The van der Waals surface area contributed by atoms with E-state index in [-0.39, 0.29) is 6.42 Å². The Morgan fingerprint density at radius 3 is 2.14 bits per heavy atom. The van der Waals surface area contributed by atoms with Crippen LogP contribution in [0, 0.1) is 0 Å². The number of alkyl halides is 3. The van der Waals surface area contributed by atoms with Crippen LogP contribution in [0.4, 0.5) is 13.2 Å². The molecule has 0 fully saturated rings. The zero-order valence-corrected chi connectivity index (χ0v) is 12.1. The van der Waals surface area contributed by atoms with Crippen LogP contribution in [0.2, 0.25) is 0 Å².